The highest BCUT2D eigenvalue weighted by Crippen LogP contribution is 2.42. The van der Waals surface area contributed by atoms with E-state index >= 15 is 0 Å². The third-order valence-corrected chi connectivity index (χ3v) is 6.94. The van der Waals surface area contributed by atoms with Crippen LogP contribution in [0.2, 0.25) is 0 Å². The molecule has 0 unspecified atom stereocenters. The van der Waals surface area contributed by atoms with E-state index in [0.717, 1.165) is 44.7 Å². The number of rotatable bonds is 1. The zero-order valence-electron chi connectivity index (χ0n) is 17.7. The predicted molar refractivity (Wildman–Crippen MR) is 132 cm³/mol. The average Bonchev–Trinajstić information content (AvgIpc) is 2.79. The summed E-state index contributed by atoms with van der Waals surface area (Å²) in [5.41, 5.74) is 5.94. The molecule has 31 heavy (non-hydrogen) atoms. The molecule has 0 N–H and O–H groups in total. The van der Waals surface area contributed by atoms with E-state index in [9.17, 15) is 4.79 Å². The van der Waals surface area contributed by atoms with Gasteiger partial charge in [0.15, 0.2) is 0 Å². The first-order chi connectivity index (χ1) is 15.0. The van der Waals surface area contributed by atoms with Crippen molar-refractivity contribution >= 4 is 52.6 Å². The molecule has 148 valence electrons. The Balaban J connectivity index is 1.81. The van der Waals surface area contributed by atoms with Gasteiger partial charge in [0.05, 0.1) is 0 Å². The summed E-state index contributed by atoms with van der Waals surface area (Å²) in [6.45, 7) is 7.21. The van der Waals surface area contributed by atoms with Crippen LogP contribution in [0.5, 0.6) is 0 Å². The van der Waals surface area contributed by atoms with E-state index in [4.69, 9.17) is 7.98 Å². The Bertz CT molecular complexity index is 1630. The van der Waals surface area contributed by atoms with Crippen LogP contribution in [0.15, 0.2) is 59.4 Å². The van der Waals surface area contributed by atoms with Crippen molar-refractivity contribution in [2.75, 3.05) is 18.5 Å². The predicted octanol–water partition coefficient (Wildman–Crippen LogP) is 4.34. The molecule has 1 aliphatic rings. The summed E-state index contributed by atoms with van der Waals surface area (Å²) >= 11 is 0. The summed E-state index contributed by atoms with van der Waals surface area (Å²) in [4.78, 5) is 15.2. The lowest BCUT2D eigenvalue weighted by atomic mass is 9.86. The molecule has 0 fully saturated rings. The maximum atomic E-state index is 12.9. The van der Waals surface area contributed by atoms with E-state index in [2.05, 4.69) is 67.9 Å². The normalized spacial score (nSPS) is 13.5. The van der Waals surface area contributed by atoms with Crippen LogP contribution < -0.4 is 15.8 Å². The highest BCUT2D eigenvalue weighted by Gasteiger charge is 2.20. The molecule has 4 aromatic carbocycles. The maximum absolute atomic E-state index is 12.9. The number of pyridine rings is 1. The summed E-state index contributed by atoms with van der Waals surface area (Å²) in [5, 5.41) is 6.73. The van der Waals surface area contributed by atoms with Crippen LogP contribution in [0, 0.1) is 6.92 Å². The van der Waals surface area contributed by atoms with Crippen molar-refractivity contribution in [2.45, 2.75) is 13.3 Å². The minimum Gasteiger partial charge on any atom is -0.374 e. The van der Waals surface area contributed by atoms with Gasteiger partial charge in [-0.05, 0) is 58.5 Å². The van der Waals surface area contributed by atoms with E-state index in [-0.39, 0.29) is 5.56 Å². The zero-order chi connectivity index (χ0) is 21.4. The summed E-state index contributed by atoms with van der Waals surface area (Å²) in [5.74, 6) is 0. The zero-order valence-corrected chi connectivity index (χ0v) is 17.7. The largest absolute Gasteiger partial charge is 0.374 e. The van der Waals surface area contributed by atoms with E-state index < -0.39 is 0 Å². The van der Waals surface area contributed by atoms with Crippen molar-refractivity contribution in [3.05, 3.63) is 81.4 Å². The van der Waals surface area contributed by atoms with Gasteiger partial charge in [0.2, 0.25) is 13.5 Å². The van der Waals surface area contributed by atoms with Gasteiger partial charge < -0.3 is 9.38 Å². The lowest BCUT2D eigenvalue weighted by molar-refractivity contribution is 0.866. The quantitative estimate of drug-likeness (QED) is 0.391. The summed E-state index contributed by atoms with van der Waals surface area (Å²) in [7, 11) is 8.18. The van der Waals surface area contributed by atoms with Crippen molar-refractivity contribution in [1.82, 2.24) is 4.48 Å². The van der Waals surface area contributed by atoms with Gasteiger partial charge in [0, 0.05) is 46.2 Å². The lowest BCUT2D eigenvalue weighted by Crippen LogP contribution is -2.32. The Morgan fingerprint density at radius 1 is 0.871 bits per heavy atom. The second-order valence-electron chi connectivity index (χ2n) is 8.61. The molecule has 0 atom stereocenters. The molecule has 0 amide bonds. The van der Waals surface area contributed by atoms with Crippen LogP contribution >= 0.6 is 0 Å². The molecule has 1 aromatic heterocycles. The van der Waals surface area contributed by atoms with Gasteiger partial charge in [-0.3, -0.25) is 4.79 Å². The van der Waals surface area contributed by atoms with Crippen molar-refractivity contribution < 1.29 is 0 Å². The fraction of sp³-hybridized carbons (Fsp3) is 0.148. The third-order valence-electron chi connectivity index (χ3n) is 6.94. The van der Waals surface area contributed by atoms with Gasteiger partial charge in [-0.15, -0.1) is 0 Å². The van der Waals surface area contributed by atoms with Gasteiger partial charge in [-0.25, -0.2) is 0 Å². The number of likely N-dealkylation sites (N-methyl/N-ethyl adjacent to an activating group) is 1. The van der Waals surface area contributed by atoms with Crippen LogP contribution in [-0.2, 0) is 6.42 Å². The highest BCUT2D eigenvalue weighted by atomic mass is 16.1. The fourth-order valence-corrected chi connectivity index (χ4v) is 5.32. The second-order valence-corrected chi connectivity index (χ2v) is 8.61. The molecule has 0 aliphatic carbocycles. The van der Waals surface area contributed by atoms with Gasteiger partial charge in [0.1, 0.15) is 0 Å². The SMILES string of the molecule is [B]n1c(=C)c2ccc(C)c3c(-c4ccc5c6c(cccc46)CCN5C)ccc(c1=O)c32. The first kappa shape index (κ1) is 18.3. The number of nitrogens with zero attached hydrogens (tertiary/aromatic N) is 2. The van der Waals surface area contributed by atoms with Crippen LogP contribution in [0.1, 0.15) is 11.1 Å². The smallest absolute Gasteiger partial charge is 0.245 e. The highest BCUT2D eigenvalue weighted by molar-refractivity contribution is 6.20. The van der Waals surface area contributed by atoms with Crippen molar-refractivity contribution in [2.24, 2.45) is 0 Å². The maximum Gasteiger partial charge on any atom is 0.245 e. The number of hydrogen-bond donors (Lipinski definition) is 0. The molecule has 0 bridgehead atoms. The molecular formula is C27H21BN2O. The molecule has 0 spiro atoms. The Kier molecular flexibility index (Phi) is 3.68. The Morgan fingerprint density at radius 3 is 2.48 bits per heavy atom. The number of aromatic nitrogens is 1. The fourth-order valence-electron chi connectivity index (χ4n) is 5.32. The first-order valence-corrected chi connectivity index (χ1v) is 10.6. The Hall–Kier alpha value is -3.53. The number of benzene rings is 4. The number of hydrogen-bond acceptors (Lipinski definition) is 2. The van der Waals surface area contributed by atoms with Gasteiger partial charge in [-0.1, -0.05) is 49.0 Å². The summed E-state index contributed by atoms with van der Waals surface area (Å²) in [6, 6.07) is 19.2. The summed E-state index contributed by atoms with van der Waals surface area (Å²) in [6.07, 6.45) is 1.05. The minimum atomic E-state index is -0.210. The van der Waals surface area contributed by atoms with Crippen molar-refractivity contribution in [3.63, 3.8) is 0 Å². The molecule has 1 aliphatic heterocycles. The van der Waals surface area contributed by atoms with E-state index in [0.29, 0.717) is 10.7 Å². The van der Waals surface area contributed by atoms with Crippen LogP contribution in [0.4, 0.5) is 5.69 Å². The minimum absolute atomic E-state index is 0.210. The monoisotopic (exact) mass is 400 g/mol. The van der Waals surface area contributed by atoms with E-state index in [1.807, 2.05) is 12.1 Å². The number of aryl methyl sites for hydroxylation is 1. The van der Waals surface area contributed by atoms with Crippen molar-refractivity contribution in [1.29, 1.82) is 0 Å². The third kappa shape index (κ3) is 2.33. The lowest BCUT2D eigenvalue weighted by Gasteiger charge is -2.28. The Morgan fingerprint density at radius 2 is 1.65 bits per heavy atom. The topological polar surface area (TPSA) is 25.2 Å². The van der Waals surface area contributed by atoms with Gasteiger partial charge in [0.25, 0.3) is 0 Å². The van der Waals surface area contributed by atoms with Crippen molar-refractivity contribution in [3.8, 4) is 11.1 Å². The van der Waals surface area contributed by atoms with Crippen LogP contribution in [0.25, 0.3) is 50.0 Å². The molecule has 0 saturated carbocycles. The molecular weight excluding hydrogens is 379 g/mol. The van der Waals surface area contributed by atoms with Crippen LogP contribution in [0.3, 0.4) is 0 Å². The Labute approximate surface area is 181 Å². The second kappa shape index (κ2) is 6.24. The average molecular weight is 400 g/mol. The molecule has 0 saturated heterocycles. The van der Waals surface area contributed by atoms with Gasteiger partial charge >= 0.3 is 0 Å². The molecule has 4 heteroatoms. The summed E-state index contributed by atoms with van der Waals surface area (Å²) < 4.78 is 1.16. The number of anilines is 1. The molecule has 3 nitrogen and oxygen atoms in total. The standard InChI is InChI=1S/C27H21BN2O/c1-15-7-8-18-16(2)30(28)27(31)22-10-9-21(24(15)26(18)22)19-11-12-23-25-17(13-14-29(23)3)5-4-6-20(19)25/h4-12H,2,13-14H2,1,3H3. The molecule has 6 rings (SSSR count). The first-order valence-electron chi connectivity index (χ1n) is 10.6. The van der Waals surface area contributed by atoms with E-state index in [1.165, 1.54) is 27.6 Å². The van der Waals surface area contributed by atoms with E-state index in [1.54, 1.807) is 0 Å². The molecule has 2 heterocycles. The van der Waals surface area contributed by atoms with Crippen LogP contribution in [-0.4, -0.2) is 26.1 Å². The molecule has 2 radical (unpaired) electrons. The van der Waals surface area contributed by atoms with Gasteiger partial charge in [-0.2, -0.15) is 0 Å². The molecule has 5 aromatic rings.